The summed E-state index contributed by atoms with van der Waals surface area (Å²) in [5, 5.41) is 15.1. The molecule has 0 fully saturated rings. The molecule has 0 saturated carbocycles. The molecule has 18 aromatic rings. The third kappa shape index (κ3) is 6.03. The van der Waals surface area contributed by atoms with E-state index in [2.05, 4.69) is 252 Å². The van der Waals surface area contributed by atoms with Crippen molar-refractivity contribution in [1.29, 1.82) is 0 Å². The van der Waals surface area contributed by atoms with Crippen LogP contribution in [0.1, 0.15) is 25.0 Å². The Kier molecular flexibility index (Phi) is 8.72. The maximum Gasteiger partial charge on any atom is 0.237 e. The van der Waals surface area contributed by atoms with Gasteiger partial charge in [-0.1, -0.05) is 141 Å². The minimum Gasteiger partial charge on any atom is -0.309 e. The molecule has 0 atom stereocenters. The molecule has 1 aliphatic carbocycles. The van der Waals surface area contributed by atoms with Crippen molar-refractivity contribution in [2.24, 2.45) is 0 Å². The summed E-state index contributed by atoms with van der Waals surface area (Å²) in [5.41, 5.74) is 14.8. The molecule has 5 nitrogen and oxygen atoms in total. The van der Waals surface area contributed by atoms with Crippen LogP contribution < -0.4 is 0 Å². The Morgan fingerprint density at radius 1 is 0.309 bits per heavy atom. The van der Waals surface area contributed by atoms with E-state index in [1.54, 1.807) is 0 Å². The highest BCUT2D eigenvalue weighted by Gasteiger charge is 2.37. The average molecular weight is 1090 g/mol. The van der Waals surface area contributed by atoms with Crippen LogP contribution in [-0.2, 0) is 5.41 Å². The van der Waals surface area contributed by atoms with E-state index in [0.717, 1.165) is 39.1 Å². The van der Waals surface area contributed by atoms with Crippen LogP contribution in [0, 0.1) is 0 Å². The standard InChI is InChI=1S/C73H43N5S3/c1-73(2)56-31-40(27-29-42(56)43-30-28-41(32-57(43)73)76-59-21-9-3-15-44(59)50-33-53-47-18-6-12-24-65(47)79-68(53)37-62(50)76)58-36-71(77-60-22-10-4-16-45(60)51-34-54-48-19-7-13-25-66(48)80-69(54)38-63(51)77)75-72(74-58)78-61-23-11-5-17-46(61)52-35-55-49-20-8-14-26-67(49)81-70(55)39-64(52)78/h3-39H,1-2H3. The lowest BCUT2D eigenvalue weighted by Gasteiger charge is -2.23. The molecule has 8 heteroatoms. The molecular formula is C73H43N5S3. The van der Waals surface area contributed by atoms with E-state index in [0.29, 0.717) is 5.95 Å². The zero-order valence-electron chi connectivity index (χ0n) is 43.8. The van der Waals surface area contributed by atoms with Gasteiger partial charge in [-0.15, -0.1) is 34.0 Å². The summed E-state index contributed by atoms with van der Waals surface area (Å²) in [6.45, 7) is 4.79. The van der Waals surface area contributed by atoms with Crippen molar-refractivity contribution in [2.75, 3.05) is 0 Å². The number of benzene rings is 11. The Labute approximate surface area is 475 Å². The van der Waals surface area contributed by atoms with Gasteiger partial charge < -0.3 is 4.57 Å². The molecule has 11 aromatic carbocycles. The van der Waals surface area contributed by atoms with Crippen LogP contribution in [0.4, 0.5) is 0 Å². The largest absolute Gasteiger partial charge is 0.309 e. The molecule has 0 saturated heterocycles. The summed E-state index contributed by atoms with van der Waals surface area (Å²) in [4.78, 5) is 11.5. The van der Waals surface area contributed by atoms with Crippen molar-refractivity contribution < 1.29 is 0 Å². The first kappa shape index (κ1) is 44.4. The van der Waals surface area contributed by atoms with Crippen molar-refractivity contribution in [1.82, 2.24) is 23.7 Å². The number of aromatic nitrogens is 5. The summed E-state index contributed by atoms with van der Waals surface area (Å²) in [6.07, 6.45) is 0. The fourth-order valence-electron chi connectivity index (χ4n) is 14.1. The van der Waals surface area contributed by atoms with E-state index in [1.807, 2.05) is 34.0 Å². The maximum absolute atomic E-state index is 5.75. The summed E-state index contributed by atoms with van der Waals surface area (Å²) in [5.74, 6) is 1.46. The first-order valence-corrected chi connectivity index (χ1v) is 30.1. The zero-order chi connectivity index (χ0) is 53.0. The van der Waals surface area contributed by atoms with Crippen LogP contribution in [0.5, 0.6) is 0 Å². The van der Waals surface area contributed by atoms with E-state index in [4.69, 9.17) is 9.97 Å². The molecule has 7 aromatic heterocycles. The van der Waals surface area contributed by atoms with Gasteiger partial charge in [-0.25, -0.2) is 4.98 Å². The van der Waals surface area contributed by atoms with Crippen molar-refractivity contribution in [3.05, 3.63) is 236 Å². The Morgan fingerprint density at radius 3 is 1.26 bits per heavy atom. The van der Waals surface area contributed by atoms with E-state index in [1.165, 1.54) is 132 Å². The van der Waals surface area contributed by atoms with Gasteiger partial charge >= 0.3 is 0 Å². The van der Waals surface area contributed by atoms with Gasteiger partial charge in [0.2, 0.25) is 5.95 Å². The zero-order valence-corrected chi connectivity index (χ0v) is 46.3. The van der Waals surface area contributed by atoms with Gasteiger partial charge in [-0.05, 0) is 113 Å². The monoisotopic (exact) mass is 1090 g/mol. The Balaban J connectivity index is 0.826. The van der Waals surface area contributed by atoms with Crippen LogP contribution in [0.3, 0.4) is 0 Å². The number of hydrogen-bond donors (Lipinski definition) is 0. The summed E-state index contributed by atoms with van der Waals surface area (Å²) >= 11 is 5.58. The lowest BCUT2D eigenvalue weighted by molar-refractivity contribution is 0.660. The summed E-state index contributed by atoms with van der Waals surface area (Å²) in [7, 11) is 0. The second kappa shape index (κ2) is 15.9. The number of para-hydroxylation sites is 3. The fraction of sp³-hybridized carbons (Fsp3) is 0.0411. The first-order valence-electron chi connectivity index (χ1n) is 27.6. The first-order chi connectivity index (χ1) is 39.9. The molecule has 0 radical (unpaired) electrons. The molecule has 1 aliphatic rings. The number of rotatable bonds is 4. The normalized spacial score (nSPS) is 13.4. The molecule has 7 heterocycles. The van der Waals surface area contributed by atoms with Gasteiger partial charge in [0.25, 0.3) is 0 Å². The fourth-order valence-corrected chi connectivity index (χ4v) is 17.5. The third-order valence-electron chi connectivity index (χ3n) is 17.9. The van der Waals surface area contributed by atoms with E-state index in [-0.39, 0.29) is 5.41 Å². The predicted molar refractivity (Wildman–Crippen MR) is 347 cm³/mol. The topological polar surface area (TPSA) is 40.6 Å². The lowest BCUT2D eigenvalue weighted by atomic mass is 9.81. The number of hydrogen-bond acceptors (Lipinski definition) is 5. The number of nitrogens with zero attached hydrogens (tertiary/aromatic N) is 5. The van der Waals surface area contributed by atoms with Gasteiger partial charge in [0, 0.05) is 116 Å². The minimum atomic E-state index is -0.322. The molecule has 0 amide bonds. The molecule has 378 valence electrons. The average Bonchev–Trinajstić information content (AvgIpc) is 4.45. The van der Waals surface area contributed by atoms with E-state index in [9.17, 15) is 0 Å². The molecule has 19 rings (SSSR count). The van der Waals surface area contributed by atoms with Gasteiger partial charge in [0.05, 0.1) is 38.8 Å². The van der Waals surface area contributed by atoms with Crippen LogP contribution in [0.25, 0.3) is 166 Å². The Hall–Kier alpha value is -9.44. The Bertz CT molecular complexity index is 5630. The minimum absolute atomic E-state index is 0.322. The second-order valence-corrected chi connectivity index (χ2v) is 25.7. The number of fused-ring (bicyclic) bond motifs is 21. The number of thiophene rings is 3. The van der Waals surface area contributed by atoms with Crippen molar-refractivity contribution in [2.45, 2.75) is 19.3 Å². The second-order valence-electron chi connectivity index (χ2n) is 22.5. The van der Waals surface area contributed by atoms with E-state index < -0.39 is 0 Å². The highest BCUT2D eigenvalue weighted by atomic mass is 32.1. The van der Waals surface area contributed by atoms with Crippen molar-refractivity contribution >= 4 is 160 Å². The SMILES string of the molecule is CC1(C)c2cc(-c3cc(-n4c5ccccc5c5cc6c(cc54)sc4ccccc46)nc(-n4c5ccccc5c5cc6c(cc54)sc4ccccc46)n3)ccc2-c2ccc(-n3c4ccccc4c4cc5c(cc43)sc3ccccc35)cc21. The molecule has 0 spiro atoms. The highest BCUT2D eigenvalue weighted by molar-refractivity contribution is 7.26. The maximum atomic E-state index is 5.75. The van der Waals surface area contributed by atoms with Gasteiger partial charge in [0.1, 0.15) is 5.82 Å². The van der Waals surface area contributed by atoms with Crippen LogP contribution in [0.2, 0.25) is 0 Å². The predicted octanol–water partition coefficient (Wildman–Crippen LogP) is 20.8. The molecule has 0 N–H and O–H groups in total. The lowest BCUT2D eigenvalue weighted by Crippen LogP contribution is -2.15. The quantitative estimate of drug-likeness (QED) is 0.176. The molecule has 0 unspecified atom stereocenters. The Morgan fingerprint density at radius 2 is 0.728 bits per heavy atom. The van der Waals surface area contributed by atoms with Gasteiger partial charge in [-0.2, -0.15) is 4.98 Å². The van der Waals surface area contributed by atoms with Crippen LogP contribution in [0.15, 0.2) is 224 Å². The summed E-state index contributed by atoms with van der Waals surface area (Å²) in [6, 6.07) is 83.7. The third-order valence-corrected chi connectivity index (χ3v) is 21.3. The van der Waals surface area contributed by atoms with Crippen LogP contribution in [-0.4, -0.2) is 23.7 Å². The van der Waals surface area contributed by atoms with Crippen molar-refractivity contribution in [3.8, 4) is 39.8 Å². The smallest absolute Gasteiger partial charge is 0.237 e. The van der Waals surface area contributed by atoms with Crippen LogP contribution >= 0.6 is 34.0 Å². The molecular weight excluding hydrogens is 1040 g/mol. The molecule has 81 heavy (non-hydrogen) atoms. The van der Waals surface area contributed by atoms with E-state index >= 15 is 0 Å². The summed E-state index contributed by atoms with van der Waals surface area (Å²) < 4.78 is 14.9. The molecule has 0 aliphatic heterocycles. The van der Waals surface area contributed by atoms with Gasteiger partial charge in [-0.3, -0.25) is 9.13 Å². The molecule has 0 bridgehead atoms. The highest BCUT2D eigenvalue weighted by Crippen LogP contribution is 2.52. The van der Waals surface area contributed by atoms with Gasteiger partial charge in [0.15, 0.2) is 0 Å². The van der Waals surface area contributed by atoms with Crippen molar-refractivity contribution in [3.63, 3.8) is 0 Å².